The molecule has 1 aromatic heterocycles. The zero-order chi connectivity index (χ0) is 14.0. The van der Waals surface area contributed by atoms with Crippen LogP contribution in [-0.4, -0.2) is 28.6 Å². The second kappa shape index (κ2) is 4.45. The number of aromatic nitrogens is 1. The van der Waals surface area contributed by atoms with Crippen LogP contribution in [0.3, 0.4) is 0 Å². The minimum atomic E-state index is 0.204. The minimum Gasteiger partial charge on any atom is -0.312 e. The SMILES string of the molecule is O=c1cccc2n1C[C@@H]1C[C@@H]2CN([C@@H]2C[C@@H]3CC[C@@H]2C3)C1. The first kappa shape index (κ1) is 12.5. The summed E-state index contributed by atoms with van der Waals surface area (Å²) in [4.78, 5) is 14.9. The third kappa shape index (κ3) is 1.86. The Balaban J connectivity index is 1.44. The summed E-state index contributed by atoms with van der Waals surface area (Å²) in [5, 5.41) is 0. The lowest BCUT2D eigenvalue weighted by atomic mass is 9.81. The van der Waals surface area contributed by atoms with E-state index in [1.807, 2.05) is 6.07 Å². The predicted octanol–water partition coefficient (Wildman–Crippen LogP) is 2.46. The molecule has 0 N–H and O–H groups in total. The Hall–Kier alpha value is -1.09. The van der Waals surface area contributed by atoms with Gasteiger partial charge in [0.05, 0.1) is 0 Å². The molecule has 2 saturated carbocycles. The van der Waals surface area contributed by atoms with Crippen LogP contribution in [-0.2, 0) is 6.54 Å². The van der Waals surface area contributed by atoms with E-state index in [1.54, 1.807) is 6.07 Å². The largest absolute Gasteiger partial charge is 0.312 e. The topological polar surface area (TPSA) is 25.2 Å². The van der Waals surface area contributed by atoms with Crippen LogP contribution in [0.5, 0.6) is 0 Å². The molecule has 3 nitrogen and oxygen atoms in total. The summed E-state index contributed by atoms with van der Waals surface area (Å²) in [6.45, 7) is 3.36. The molecule has 0 spiro atoms. The van der Waals surface area contributed by atoms with Crippen LogP contribution in [0.1, 0.15) is 43.7 Å². The molecule has 0 unspecified atom stereocenters. The number of fused-ring (bicyclic) bond motifs is 6. The highest BCUT2D eigenvalue weighted by molar-refractivity contribution is 5.17. The Morgan fingerprint density at radius 2 is 1.90 bits per heavy atom. The van der Waals surface area contributed by atoms with Crippen molar-refractivity contribution in [1.29, 1.82) is 0 Å². The molecule has 0 amide bonds. The van der Waals surface area contributed by atoms with Crippen molar-refractivity contribution in [3.05, 3.63) is 34.2 Å². The standard InChI is InChI=1S/C18H24N2O/c21-18-3-1-2-16-15-7-13(10-20(16)18)9-19(11-15)17-8-12-4-5-14(17)6-12/h1-3,12-15,17H,4-11H2/t12-,13-,14-,15-,17-/m1/s1. The summed E-state index contributed by atoms with van der Waals surface area (Å²) in [7, 11) is 0. The summed E-state index contributed by atoms with van der Waals surface area (Å²) in [6, 6.07) is 6.71. The molecular weight excluding hydrogens is 260 g/mol. The fraction of sp³-hybridized carbons (Fsp3) is 0.722. The van der Waals surface area contributed by atoms with Gasteiger partial charge in [-0.25, -0.2) is 0 Å². The van der Waals surface area contributed by atoms with Crippen LogP contribution < -0.4 is 5.56 Å². The number of pyridine rings is 1. The van der Waals surface area contributed by atoms with Gasteiger partial charge in [0.1, 0.15) is 0 Å². The number of hydrogen-bond acceptors (Lipinski definition) is 2. The van der Waals surface area contributed by atoms with E-state index in [0.29, 0.717) is 11.8 Å². The van der Waals surface area contributed by atoms with E-state index < -0.39 is 0 Å². The average molecular weight is 284 g/mol. The van der Waals surface area contributed by atoms with Gasteiger partial charge < -0.3 is 4.57 Å². The molecule has 2 aliphatic carbocycles. The normalized spacial score (nSPS) is 41.2. The van der Waals surface area contributed by atoms with Gasteiger partial charge in [0.15, 0.2) is 0 Å². The van der Waals surface area contributed by atoms with Crippen molar-refractivity contribution in [3.8, 4) is 0 Å². The second-order valence-corrected chi connectivity index (χ2v) is 7.89. The van der Waals surface area contributed by atoms with E-state index in [1.165, 1.54) is 50.9 Å². The Morgan fingerprint density at radius 3 is 2.71 bits per heavy atom. The summed E-state index contributed by atoms with van der Waals surface area (Å²) in [5.41, 5.74) is 1.50. The van der Waals surface area contributed by atoms with Gasteiger partial charge in [-0.1, -0.05) is 12.5 Å². The summed E-state index contributed by atoms with van der Waals surface area (Å²) in [5.74, 6) is 3.28. The molecule has 112 valence electrons. The third-order valence-electron chi connectivity index (χ3n) is 6.68. The maximum absolute atomic E-state index is 12.1. The smallest absolute Gasteiger partial charge is 0.250 e. The molecule has 3 fully saturated rings. The van der Waals surface area contributed by atoms with Gasteiger partial charge in [-0.15, -0.1) is 0 Å². The first-order valence-electron chi connectivity index (χ1n) is 8.71. The van der Waals surface area contributed by atoms with E-state index in [9.17, 15) is 4.79 Å². The highest BCUT2D eigenvalue weighted by atomic mass is 16.1. The summed E-state index contributed by atoms with van der Waals surface area (Å²) in [6.07, 6.45) is 7.19. The average Bonchev–Trinajstić information content (AvgIpc) is 3.11. The predicted molar refractivity (Wildman–Crippen MR) is 82.4 cm³/mol. The fourth-order valence-electron chi connectivity index (χ4n) is 5.86. The molecule has 4 bridgehead atoms. The Kier molecular flexibility index (Phi) is 2.64. The second-order valence-electron chi connectivity index (χ2n) is 7.89. The Labute approximate surface area is 126 Å². The Morgan fingerprint density at radius 1 is 0.952 bits per heavy atom. The number of rotatable bonds is 1. The highest BCUT2D eigenvalue weighted by Gasteiger charge is 2.45. The number of likely N-dealkylation sites (tertiary alicyclic amines) is 1. The minimum absolute atomic E-state index is 0.204. The van der Waals surface area contributed by atoms with Crippen LogP contribution in [0.4, 0.5) is 0 Å². The lowest BCUT2D eigenvalue weighted by Crippen LogP contribution is -2.51. The first-order chi connectivity index (χ1) is 10.3. The van der Waals surface area contributed by atoms with E-state index in [4.69, 9.17) is 0 Å². The van der Waals surface area contributed by atoms with Gasteiger partial charge in [-0.3, -0.25) is 9.69 Å². The molecule has 4 aliphatic rings. The molecule has 3 heteroatoms. The van der Waals surface area contributed by atoms with Gasteiger partial charge in [0.2, 0.25) is 0 Å². The van der Waals surface area contributed by atoms with Crippen molar-refractivity contribution in [2.24, 2.45) is 17.8 Å². The first-order valence-corrected chi connectivity index (χ1v) is 8.71. The van der Waals surface area contributed by atoms with Gasteiger partial charge in [0.25, 0.3) is 5.56 Å². The Bertz CT molecular complexity index is 622. The highest BCUT2D eigenvalue weighted by Crippen LogP contribution is 2.48. The molecular formula is C18H24N2O. The van der Waals surface area contributed by atoms with Crippen LogP contribution in [0.15, 0.2) is 23.0 Å². The monoisotopic (exact) mass is 284 g/mol. The zero-order valence-corrected chi connectivity index (χ0v) is 12.6. The third-order valence-corrected chi connectivity index (χ3v) is 6.68. The zero-order valence-electron chi connectivity index (χ0n) is 12.6. The van der Waals surface area contributed by atoms with E-state index in [-0.39, 0.29) is 5.56 Å². The van der Waals surface area contributed by atoms with Crippen molar-refractivity contribution in [3.63, 3.8) is 0 Å². The summed E-state index contributed by atoms with van der Waals surface area (Å²) >= 11 is 0. The molecule has 5 atom stereocenters. The van der Waals surface area contributed by atoms with Crippen LogP contribution in [0, 0.1) is 17.8 Å². The van der Waals surface area contributed by atoms with E-state index in [2.05, 4.69) is 15.5 Å². The molecule has 21 heavy (non-hydrogen) atoms. The lowest BCUT2D eigenvalue weighted by molar-refractivity contribution is 0.0570. The molecule has 1 saturated heterocycles. The lowest BCUT2D eigenvalue weighted by Gasteiger charge is -2.46. The molecule has 1 aromatic rings. The van der Waals surface area contributed by atoms with Crippen molar-refractivity contribution >= 4 is 0 Å². The van der Waals surface area contributed by atoms with Gasteiger partial charge in [-0.2, -0.15) is 0 Å². The van der Waals surface area contributed by atoms with E-state index >= 15 is 0 Å². The van der Waals surface area contributed by atoms with Crippen molar-refractivity contribution < 1.29 is 0 Å². The van der Waals surface area contributed by atoms with Crippen molar-refractivity contribution in [2.45, 2.75) is 50.6 Å². The molecule has 2 aliphatic heterocycles. The number of piperidine rings is 1. The van der Waals surface area contributed by atoms with Gasteiger partial charge in [-0.05, 0) is 49.5 Å². The molecule has 0 radical (unpaired) electrons. The maximum Gasteiger partial charge on any atom is 0.250 e. The van der Waals surface area contributed by atoms with E-state index in [0.717, 1.165) is 24.4 Å². The summed E-state index contributed by atoms with van der Waals surface area (Å²) < 4.78 is 2.05. The van der Waals surface area contributed by atoms with Crippen LogP contribution in [0.25, 0.3) is 0 Å². The molecule has 0 aromatic carbocycles. The fourth-order valence-corrected chi connectivity index (χ4v) is 5.86. The van der Waals surface area contributed by atoms with Crippen molar-refractivity contribution in [1.82, 2.24) is 9.47 Å². The van der Waals surface area contributed by atoms with Gasteiger partial charge >= 0.3 is 0 Å². The number of hydrogen-bond donors (Lipinski definition) is 0. The van der Waals surface area contributed by atoms with Crippen molar-refractivity contribution in [2.75, 3.05) is 13.1 Å². The maximum atomic E-state index is 12.1. The quantitative estimate of drug-likeness (QED) is 0.791. The molecule has 5 rings (SSSR count). The van der Waals surface area contributed by atoms with Gasteiger partial charge in [0, 0.05) is 43.4 Å². The van der Waals surface area contributed by atoms with Crippen LogP contribution in [0.2, 0.25) is 0 Å². The number of nitrogens with zero attached hydrogens (tertiary/aromatic N) is 2. The molecule has 3 heterocycles. The van der Waals surface area contributed by atoms with Crippen LogP contribution >= 0.6 is 0 Å².